The number of nitrogens with zero attached hydrogens (tertiary/aromatic N) is 1. The summed E-state index contributed by atoms with van der Waals surface area (Å²) in [4.78, 5) is 11.5. The summed E-state index contributed by atoms with van der Waals surface area (Å²) in [5.41, 5.74) is 8.76. The van der Waals surface area contributed by atoms with Crippen LogP contribution in [0.4, 0.5) is 0 Å². The molecule has 0 aliphatic carbocycles. The number of hydrogen-bond donors (Lipinski definition) is 2. The Hall–Kier alpha value is -1.81. The molecule has 4 nitrogen and oxygen atoms in total. The SMILES string of the molecule is Cc1ccc2c(CCN)cn(C(C)C)c2c1C(=O)O. The van der Waals surface area contributed by atoms with E-state index in [9.17, 15) is 9.90 Å². The monoisotopic (exact) mass is 260 g/mol. The molecule has 0 saturated carbocycles. The van der Waals surface area contributed by atoms with Gasteiger partial charge in [0.2, 0.25) is 0 Å². The number of benzene rings is 1. The van der Waals surface area contributed by atoms with Gasteiger partial charge < -0.3 is 15.4 Å². The number of rotatable bonds is 4. The van der Waals surface area contributed by atoms with E-state index in [-0.39, 0.29) is 6.04 Å². The van der Waals surface area contributed by atoms with Crippen molar-refractivity contribution in [2.24, 2.45) is 5.73 Å². The minimum Gasteiger partial charge on any atom is -0.478 e. The molecular weight excluding hydrogens is 240 g/mol. The van der Waals surface area contributed by atoms with Crippen LogP contribution in [0.3, 0.4) is 0 Å². The lowest BCUT2D eigenvalue weighted by molar-refractivity contribution is 0.0698. The van der Waals surface area contributed by atoms with Crippen molar-refractivity contribution < 1.29 is 9.90 Å². The smallest absolute Gasteiger partial charge is 0.338 e. The number of aromatic nitrogens is 1. The Morgan fingerprint density at radius 2 is 2.11 bits per heavy atom. The number of fused-ring (bicyclic) bond motifs is 1. The average molecular weight is 260 g/mol. The molecule has 0 aliphatic heterocycles. The van der Waals surface area contributed by atoms with Gasteiger partial charge in [-0.05, 0) is 44.9 Å². The predicted octanol–water partition coefficient (Wildman–Crippen LogP) is 2.73. The van der Waals surface area contributed by atoms with E-state index in [4.69, 9.17) is 5.73 Å². The molecule has 4 heteroatoms. The van der Waals surface area contributed by atoms with Crippen LogP contribution in [0.25, 0.3) is 10.9 Å². The van der Waals surface area contributed by atoms with Gasteiger partial charge in [-0.25, -0.2) is 4.79 Å². The van der Waals surface area contributed by atoms with Crippen molar-refractivity contribution in [1.82, 2.24) is 4.57 Å². The molecule has 102 valence electrons. The minimum absolute atomic E-state index is 0.217. The zero-order valence-corrected chi connectivity index (χ0v) is 11.6. The second-order valence-corrected chi connectivity index (χ2v) is 5.15. The molecule has 0 saturated heterocycles. The van der Waals surface area contributed by atoms with Crippen molar-refractivity contribution >= 4 is 16.9 Å². The molecule has 0 amide bonds. The van der Waals surface area contributed by atoms with Crippen molar-refractivity contribution in [1.29, 1.82) is 0 Å². The minimum atomic E-state index is -0.873. The summed E-state index contributed by atoms with van der Waals surface area (Å²) >= 11 is 0. The van der Waals surface area contributed by atoms with Crippen LogP contribution in [-0.4, -0.2) is 22.2 Å². The van der Waals surface area contributed by atoms with E-state index in [0.29, 0.717) is 12.1 Å². The molecule has 0 unspecified atom stereocenters. The normalized spacial score (nSPS) is 11.4. The molecule has 0 fully saturated rings. The maximum Gasteiger partial charge on any atom is 0.338 e. The number of nitrogens with two attached hydrogens (primary N) is 1. The lowest BCUT2D eigenvalue weighted by Crippen LogP contribution is -2.06. The van der Waals surface area contributed by atoms with Crippen molar-refractivity contribution in [2.45, 2.75) is 33.2 Å². The molecule has 2 aromatic rings. The van der Waals surface area contributed by atoms with Crippen LogP contribution >= 0.6 is 0 Å². The maximum atomic E-state index is 11.5. The Balaban J connectivity index is 2.86. The maximum absolute atomic E-state index is 11.5. The summed E-state index contributed by atoms with van der Waals surface area (Å²) in [6.07, 6.45) is 2.80. The first-order chi connectivity index (χ1) is 8.97. The van der Waals surface area contributed by atoms with Crippen LogP contribution in [0.15, 0.2) is 18.3 Å². The fourth-order valence-electron chi connectivity index (χ4n) is 2.55. The average Bonchev–Trinajstić information content (AvgIpc) is 2.68. The molecule has 0 radical (unpaired) electrons. The Kier molecular flexibility index (Phi) is 3.62. The third kappa shape index (κ3) is 2.24. The van der Waals surface area contributed by atoms with Gasteiger partial charge in [0.15, 0.2) is 0 Å². The van der Waals surface area contributed by atoms with E-state index in [1.165, 1.54) is 0 Å². The summed E-state index contributed by atoms with van der Waals surface area (Å²) < 4.78 is 2.04. The van der Waals surface area contributed by atoms with Crippen molar-refractivity contribution in [2.75, 3.05) is 6.54 Å². The van der Waals surface area contributed by atoms with Crippen LogP contribution in [0.2, 0.25) is 0 Å². The third-order valence-corrected chi connectivity index (χ3v) is 3.47. The Labute approximate surface area is 112 Å². The highest BCUT2D eigenvalue weighted by atomic mass is 16.4. The molecule has 3 N–H and O–H groups in total. The van der Waals surface area contributed by atoms with Gasteiger partial charge in [-0.15, -0.1) is 0 Å². The molecule has 1 aromatic carbocycles. The summed E-state index contributed by atoms with van der Waals surface area (Å²) in [5, 5.41) is 10.5. The quantitative estimate of drug-likeness (QED) is 0.888. The van der Waals surface area contributed by atoms with Gasteiger partial charge in [0.25, 0.3) is 0 Å². The zero-order chi connectivity index (χ0) is 14.2. The van der Waals surface area contributed by atoms with Crippen LogP contribution in [-0.2, 0) is 6.42 Å². The van der Waals surface area contributed by atoms with E-state index in [2.05, 4.69) is 13.8 Å². The zero-order valence-electron chi connectivity index (χ0n) is 11.6. The van der Waals surface area contributed by atoms with E-state index in [0.717, 1.165) is 28.5 Å². The van der Waals surface area contributed by atoms with E-state index < -0.39 is 5.97 Å². The molecular formula is C15H20N2O2. The fraction of sp³-hybridized carbons (Fsp3) is 0.400. The van der Waals surface area contributed by atoms with Gasteiger partial charge in [0.1, 0.15) is 0 Å². The second kappa shape index (κ2) is 5.05. The van der Waals surface area contributed by atoms with Crippen molar-refractivity contribution in [3.63, 3.8) is 0 Å². The molecule has 0 atom stereocenters. The van der Waals surface area contributed by atoms with E-state index in [1.54, 1.807) is 0 Å². The summed E-state index contributed by atoms with van der Waals surface area (Å²) in [5.74, 6) is -0.873. The van der Waals surface area contributed by atoms with Crippen LogP contribution < -0.4 is 5.73 Å². The van der Waals surface area contributed by atoms with Gasteiger partial charge in [-0.1, -0.05) is 12.1 Å². The Morgan fingerprint density at radius 1 is 1.42 bits per heavy atom. The first kappa shape index (κ1) is 13.6. The standard InChI is InChI=1S/C15H20N2O2/c1-9(2)17-8-11(6-7-16)12-5-4-10(3)13(14(12)17)15(18)19/h4-5,8-9H,6-7,16H2,1-3H3,(H,18,19). The van der Waals surface area contributed by atoms with E-state index >= 15 is 0 Å². The van der Waals surface area contributed by atoms with Crippen LogP contribution in [0, 0.1) is 6.92 Å². The van der Waals surface area contributed by atoms with Crippen LogP contribution in [0.5, 0.6) is 0 Å². The third-order valence-electron chi connectivity index (χ3n) is 3.47. The summed E-state index contributed by atoms with van der Waals surface area (Å²) in [7, 11) is 0. The van der Waals surface area contributed by atoms with Gasteiger partial charge in [-0.2, -0.15) is 0 Å². The largest absolute Gasteiger partial charge is 0.478 e. The number of aromatic carboxylic acids is 1. The van der Waals surface area contributed by atoms with Crippen molar-refractivity contribution in [3.05, 3.63) is 35.0 Å². The number of carbonyl (C=O) groups is 1. The highest BCUT2D eigenvalue weighted by Crippen LogP contribution is 2.30. The number of hydrogen-bond acceptors (Lipinski definition) is 2. The highest BCUT2D eigenvalue weighted by molar-refractivity contribution is 6.04. The summed E-state index contributed by atoms with van der Waals surface area (Å²) in [6, 6.07) is 4.09. The fourth-order valence-corrected chi connectivity index (χ4v) is 2.55. The van der Waals surface area contributed by atoms with Gasteiger partial charge in [0.05, 0.1) is 11.1 Å². The highest BCUT2D eigenvalue weighted by Gasteiger charge is 2.19. The van der Waals surface area contributed by atoms with Gasteiger partial charge in [0, 0.05) is 17.6 Å². The molecule has 1 aromatic heterocycles. The first-order valence-electron chi connectivity index (χ1n) is 6.53. The summed E-state index contributed by atoms with van der Waals surface area (Å²) in [6.45, 7) is 6.51. The second-order valence-electron chi connectivity index (χ2n) is 5.15. The lowest BCUT2D eigenvalue weighted by atomic mass is 10.0. The number of carboxylic acids is 1. The van der Waals surface area contributed by atoms with E-state index in [1.807, 2.05) is 29.8 Å². The number of carboxylic acid groups (broad SMARTS) is 1. The Bertz CT molecular complexity index is 627. The van der Waals surface area contributed by atoms with Crippen molar-refractivity contribution in [3.8, 4) is 0 Å². The number of aryl methyl sites for hydroxylation is 1. The molecule has 0 spiro atoms. The first-order valence-corrected chi connectivity index (χ1v) is 6.53. The lowest BCUT2D eigenvalue weighted by Gasteiger charge is -2.12. The topological polar surface area (TPSA) is 68.2 Å². The molecule has 19 heavy (non-hydrogen) atoms. The Morgan fingerprint density at radius 3 is 2.63 bits per heavy atom. The van der Waals surface area contributed by atoms with Crippen LogP contribution in [0.1, 0.15) is 41.4 Å². The molecule has 0 aliphatic rings. The van der Waals surface area contributed by atoms with Gasteiger partial charge >= 0.3 is 5.97 Å². The molecule has 2 rings (SSSR count). The molecule has 1 heterocycles. The molecule has 0 bridgehead atoms. The van der Waals surface area contributed by atoms with Gasteiger partial charge in [-0.3, -0.25) is 0 Å². The predicted molar refractivity (Wildman–Crippen MR) is 76.8 cm³/mol.